The SMILES string of the molecule is CNC1=CC=CC(NC)(NC)C1C(C)C(=O)C(C)C1C(NC)=CC=CC1(NC)NC. The van der Waals surface area contributed by atoms with Gasteiger partial charge in [-0.15, -0.1) is 0 Å². The molecule has 2 rings (SSSR count). The fraction of sp³-hybridized carbons (Fsp3) is 0.609. The fourth-order valence-electron chi connectivity index (χ4n) is 5.27. The highest BCUT2D eigenvalue weighted by atomic mass is 16.1. The smallest absolute Gasteiger partial charge is 0.140 e. The molecule has 0 aromatic rings. The van der Waals surface area contributed by atoms with Gasteiger partial charge in [0.25, 0.3) is 0 Å². The second kappa shape index (κ2) is 9.92. The lowest BCUT2D eigenvalue weighted by Crippen LogP contribution is -2.64. The summed E-state index contributed by atoms with van der Waals surface area (Å²) in [6, 6.07) is 0. The number of rotatable bonds is 10. The number of nitrogens with one attached hydrogen (secondary N) is 6. The van der Waals surface area contributed by atoms with E-state index in [4.69, 9.17) is 0 Å². The third kappa shape index (κ3) is 3.99. The van der Waals surface area contributed by atoms with Crippen LogP contribution < -0.4 is 31.9 Å². The summed E-state index contributed by atoms with van der Waals surface area (Å²) >= 11 is 0. The van der Waals surface area contributed by atoms with Gasteiger partial charge >= 0.3 is 0 Å². The van der Waals surface area contributed by atoms with Gasteiger partial charge in [-0.05, 0) is 52.5 Å². The molecule has 7 heteroatoms. The number of likely N-dealkylation sites (N-methyl/N-ethyl adjacent to an activating group) is 4. The standard InChI is InChI=1S/C23H40N6O/c1-15(19-17(24-3)11-9-13-22(19,26-5)27-6)21(30)16(2)20-18(25-4)12-10-14-23(20,28-7)29-8/h9-16,19-20,24-29H,1-8H3. The molecule has 4 unspecified atom stereocenters. The van der Waals surface area contributed by atoms with Crippen molar-refractivity contribution in [3.8, 4) is 0 Å². The Balaban J connectivity index is 2.44. The summed E-state index contributed by atoms with van der Waals surface area (Å²) in [7, 11) is 11.5. The van der Waals surface area contributed by atoms with Crippen LogP contribution in [0, 0.1) is 23.7 Å². The first-order chi connectivity index (χ1) is 14.3. The summed E-state index contributed by atoms with van der Waals surface area (Å²) < 4.78 is 0. The van der Waals surface area contributed by atoms with E-state index in [2.05, 4.69) is 56.2 Å². The predicted molar refractivity (Wildman–Crippen MR) is 125 cm³/mol. The second-order valence-electron chi connectivity index (χ2n) is 8.14. The Bertz CT molecular complexity index is 670. The van der Waals surface area contributed by atoms with Crippen LogP contribution in [0.2, 0.25) is 0 Å². The van der Waals surface area contributed by atoms with E-state index in [1.165, 1.54) is 0 Å². The Morgan fingerprint density at radius 1 is 0.733 bits per heavy atom. The van der Waals surface area contributed by atoms with E-state index in [0.717, 1.165) is 11.4 Å². The molecule has 2 aliphatic carbocycles. The molecule has 0 saturated heterocycles. The minimum Gasteiger partial charge on any atom is -0.391 e. The van der Waals surface area contributed by atoms with Gasteiger partial charge in [0.1, 0.15) is 5.78 Å². The molecule has 0 spiro atoms. The molecule has 0 amide bonds. The van der Waals surface area contributed by atoms with Crippen molar-refractivity contribution in [2.75, 3.05) is 42.3 Å². The Labute approximate surface area is 181 Å². The van der Waals surface area contributed by atoms with Crippen molar-refractivity contribution in [3.63, 3.8) is 0 Å². The lowest BCUT2D eigenvalue weighted by atomic mass is 9.68. The van der Waals surface area contributed by atoms with Gasteiger partial charge in [0.05, 0.1) is 11.3 Å². The van der Waals surface area contributed by atoms with E-state index in [1.54, 1.807) is 0 Å². The zero-order chi connectivity index (χ0) is 22.5. The van der Waals surface area contributed by atoms with Gasteiger partial charge in [-0.25, -0.2) is 0 Å². The van der Waals surface area contributed by atoms with Crippen LogP contribution in [0.1, 0.15) is 13.8 Å². The molecule has 0 aromatic heterocycles. The molecular formula is C23H40N6O. The molecule has 0 aromatic carbocycles. The van der Waals surface area contributed by atoms with Crippen molar-refractivity contribution in [1.82, 2.24) is 31.9 Å². The number of allylic oxidation sites excluding steroid dienone is 4. The summed E-state index contributed by atoms with van der Waals surface area (Å²) in [4.78, 5) is 13.9. The van der Waals surface area contributed by atoms with E-state index >= 15 is 0 Å². The molecule has 0 fully saturated rings. The van der Waals surface area contributed by atoms with Crippen LogP contribution >= 0.6 is 0 Å². The first-order valence-corrected chi connectivity index (χ1v) is 10.7. The zero-order valence-electron chi connectivity index (χ0n) is 19.7. The number of carbonyl (C=O) groups is 1. The number of Topliss-reactive ketones (excluding diaryl/α,β-unsaturated/α-hetero) is 1. The van der Waals surface area contributed by atoms with Crippen LogP contribution in [0.5, 0.6) is 0 Å². The van der Waals surface area contributed by atoms with Crippen LogP contribution in [0.4, 0.5) is 0 Å². The van der Waals surface area contributed by atoms with Crippen LogP contribution in [-0.2, 0) is 4.79 Å². The molecule has 4 atom stereocenters. The third-order valence-electron chi connectivity index (χ3n) is 7.05. The Morgan fingerprint density at radius 2 is 1.07 bits per heavy atom. The molecule has 0 radical (unpaired) electrons. The normalized spacial score (nSPS) is 26.4. The molecule has 0 bridgehead atoms. The van der Waals surface area contributed by atoms with Crippen molar-refractivity contribution in [1.29, 1.82) is 0 Å². The van der Waals surface area contributed by atoms with E-state index in [0.29, 0.717) is 0 Å². The monoisotopic (exact) mass is 416 g/mol. The zero-order valence-corrected chi connectivity index (χ0v) is 19.7. The molecule has 7 nitrogen and oxygen atoms in total. The number of ketones is 1. The average molecular weight is 417 g/mol. The van der Waals surface area contributed by atoms with Gasteiger partial charge in [0.2, 0.25) is 0 Å². The van der Waals surface area contributed by atoms with Crippen molar-refractivity contribution in [3.05, 3.63) is 47.9 Å². The molecule has 6 N–H and O–H groups in total. The predicted octanol–water partition coefficient (Wildman–Crippen LogP) is 0.677. The maximum atomic E-state index is 13.9. The maximum absolute atomic E-state index is 13.9. The Kier molecular flexibility index (Phi) is 8.05. The summed E-state index contributed by atoms with van der Waals surface area (Å²) in [6.07, 6.45) is 12.4. The molecular weight excluding hydrogens is 376 g/mol. The number of hydrogen-bond acceptors (Lipinski definition) is 7. The molecule has 0 aliphatic heterocycles. The second-order valence-corrected chi connectivity index (χ2v) is 8.14. The lowest BCUT2D eigenvalue weighted by molar-refractivity contribution is -0.130. The number of hydrogen-bond donors (Lipinski definition) is 6. The van der Waals surface area contributed by atoms with Gasteiger partial charge in [-0.1, -0.05) is 26.0 Å². The number of carbonyl (C=O) groups excluding carboxylic acids is 1. The fourth-order valence-corrected chi connectivity index (χ4v) is 5.27. The van der Waals surface area contributed by atoms with Crippen LogP contribution in [0.15, 0.2) is 47.9 Å². The van der Waals surface area contributed by atoms with Crippen molar-refractivity contribution in [2.45, 2.75) is 25.2 Å². The summed E-state index contributed by atoms with van der Waals surface area (Å²) in [5, 5.41) is 20.2. The summed E-state index contributed by atoms with van der Waals surface area (Å²) in [6.45, 7) is 4.08. The van der Waals surface area contributed by atoms with Crippen molar-refractivity contribution in [2.24, 2.45) is 23.7 Å². The Hall–Kier alpha value is -1.93. The van der Waals surface area contributed by atoms with Crippen molar-refractivity contribution < 1.29 is 4.79 Å². The van der Waals surface area contributed by atoms with E-state index in [1.807, 2.05) is 68.3 Å². The Morgan fingerprint density at radius 3 is 1.33 bits per heavy atom. The van der Waals surface area contributed by atoms with Gasteiger partial charge in [0.15, 0.2) is 0 Å². The minimum absolute atomic E-state index is 0.0721. The van der Waals surface area contributed by atoms with E-state index in [9.17, 15) is 4.79 Å². The molecule has 168 valence electrons. The molecule has 0 saturated carbocycles. The van der Waals surface area contributed by atoms with Crippen molar-refractivity contribution >= 4 is 5.78 Å². The average Bonchev–Trinajstić information content (AvgIpc) is 2.81. The maximum Gasteiger partial charge on any atom is 0.140 e. The van der Waals surface area contributed by atoms with Crippen LogP contribution in [0.3, 0.4) is 0 Å². The van der Waals surface area contributed by atoms with E-state index in [-0.39, 0.29) is 29.5 Å². The molecule has 30 heavy (non-hydrogen) atoms. The highest BCUT2D eigenvalue weighted by molar-refractivity contribution is 5.85. The first kappa shape index (κ1) is 24.3. The van der Waals surface area contributed by atoms with Gasteiger partial charge in [0, 0.05) is 49.2 Å². The molecule has 2 aliphatic rings. The minimum atomic E-state index is -0.501. The molecule has 0 heterocycles. The van der Waals surface area contributed by atoms with Crippen LogP contribution in [-0.4, -0.2) is 59.4 Å². The van der Waals surface area contributed by atoms with Gasteiger partial charge in [-0.2, -0.15) is 0 Å². The summed E-state index contributed by atoms with van der Waals surface area (Å²) in [5.74, 6) is -0.366. The highest BCUT2D eigenvalue weighted by Crippen LogP contribution is 2.39. The first-order valence-electron chi connectivity index (χ1n) is 10.7. The quantitative estimate of drug-likeness (QED) is 0.292. The van der Waals surface area contributed by atoms with E-state index < -0.39 is 11.3 Å². The highest BCUT2D eigenvalue weighted by Gasteiger charge is 2.48. The van der Waals surface area contributed by atoms with Gasteiger partial charge < -0.3 is 10.6 Å². The van der Waals surface area contributed by atoms with Crippen LogP contribution in [0.25, 0.3) is 0 Å². The van der Waals surface area contributed by atoms with Gasteiger partial charge in [-0.3, -0.25) is 26.1 Å². The summed E-state index contributed by atoms with van der Waals surface area (Å²) in [5.41, 5.74) is 1.07. The topological polar surface area (TPSA) is 89.2 Å². The lowest BCUT2D eigenvalue weighted by Gasteiger charge is -2.47. The largest absolute Gasteiger partial charge is 0.391 e. The third-order valence-corrected chi connectivity index (χ3v) is 7.05.